The van der Waals surface area contributed by atoms with Crippen molar-refractivity contribution in [3.05, 3.63) is 59.8 Å². The van der Waals surface area contributed by atoms with Gasteiger partial charge in [0, 0.05) is 24.2 Å². The van der Waals surface area contributed by atoms with E-state index in [2.05, 4.69) is 34.0 Å². The molecule has 2 N–H and O–H groups in total. The van der Waals surface area contributed by atoms with Crippen molar-refractivity contribution in [3.63, 3.8) is 0 Å². The number of fused-ring (bicyclic) bond motifs is 1. The summed E-state index contributed by atoms with van der Waals surface area (Å²) in [6, 6.07) is 7.46. The zero-order valence-corrected chi connectivity index (χ0v) is 14.8. The van der Waals surface area contributed by atoms with Crippen LogP contribution in [0, 0.1) is 0 Å². The largest absolute Gasteiger partial charge is 0.383 e. The van der Waals surface area contributed by atoms with Crippen LogP contribution in [0.5, 0.6) is 0 Å². The normalized spacial score (nSPS) is 16.2. The van der Waals surface area contributed by atoms with Crippen molar-refractivity contribution in [1.29, 1.82) is 0 Å². The molecule has 0 radical (unpaired) electrons. The molecule has 0 aromatic carbocycles. The predicted molar refractivity (Wildman–Crippen MR) is 98.0 cm³/mol. The monoisotopic (exact) mass is 348 g/mol. The van der Waals surface area contributed by atoms with E-state index in [9.17, 15) is 4.79 Å². The number of rotatable bonds is 4. The van der Waals surface area contributed by atoms with Crippen LogP contribution in [0.1, 0.15) is 49.6 Å². The lowest BCUT2D eigenvalue weighted by Gasteiger charge is -2.11. The van der Waals surface area contributed by atoms with Gasteiger partial charge in [0.15, 0.2) is 11.5 Å². The van der Waals surface area contributed by atoms with Crippen molar-refractivity contribution in [1.82, 2.24) is 19.6 Å². The third kappa shape index (κ3) is 2.56. The van der Waals surface area contributed by atoms with Crippen molar-refractivity contribution in [2.45, 2.75) is 38.0 Å². The Labute approximate surface area is 151 Å². The third-order valence-corrected chi connectivity index (χ3v) is 4.87. The molecule has 0 saturated heterocycles. The molecular formula is C19H20N6O. The fourth-order valence-electron chi connectivity index (χ4n) is 3.18. The molecule has 1 amide bonds. The Morgan fingerprint density at radius 2 is 1.96 bits per heavy atom. The number of amides is 1. The van der Waals surface area contributed by atoms with Crippen LogP contribution < -0.4 is 5.73 Å². The van der Waals surface area contributed by atoms with E-state index in [0.29, 0.717) is 30.1 Å². The average molecular weight is 348 g/mol. The minimum Gasteiger partial charge on any atom is -0.383 e. The molecule has 7 heteroatoms. The molecular weight excluding hydrogens is 328 g/mol. The van der Waals surface area contributed by atoms with Crippen LogP contribution in [0.25, 0.3) is 5.65 Å². The quantitative estimate of drug-likeness (QED) is 0.576. The number of amidine groups is 1. The second kappa shape index (κ2) is 6.01. The van der Waals surface area contributed by atoms with Gasteiger partial charge in [0.25, 0.3) is 5.91 Å². The highest BCUT2D eigenvalue weighted by Crippen LogP contribution is 2.48. The van der Waals surface area contributed by atoms with E-state index < -0.39 is 5.41 Å². The molecule has 7 nitrogen and oxygen atoms in total. The van der Waals surface area contributed by atoms with Gasteiger partial charge in [0.1, 0.15) is 11.3 Å². The number of nitrogens with zero attached hydrogens (tertiary/aromatic N) is 5. The van der Waals surface area contributed by atoms with E-state index in [-0.39, 0.29) is 11.7 Å². The van der Waals surface area contributed by atoms with Gasteiger partial charge in [-0.25, -0.2) is 0 Å². The molecule has 0 atom stereocenters. The first-order chi connectivity index (χ1) is 12.5. The number of aromatic nitrogens is 4. The van der Waals surface area contributed by atoms with E-state index in [4.69, 9.17) is 5.73 Å². The van der Waals surface area contributed by atoms with Gasteiger partial charge < -0.3 is 5.73 Å². The van der Waals surface area contributed by atoms with Crippen LogP contribution in [-0.4, -0.2) is 31.3 Å². The number of carbonyl (C=O) groups is 1. The van der Waals surface area contributed by atoms with Gasteiger partial charge in [-0.3, -0.25) is 14.2 Å². The van der Waals surface area contributed by atoms with E-state index >= 15 is 0 Å². The molecule has 0 spiro atoms. The van der Waals surface area contributed by atoms with E-state index in [1.54, 1.807) is 24.5 Å². The number of pyridine rings is 2. The minimum absolute atomic E-state index is 0.195. The lowest BCUT2D eigenvalue weighted by Crippen LogP contribution is -2.25. The Morgan fingerprint density at radius 1 is 1.23 bits per heavy atom. The maximum atomic E-state index is 12.9. The van der Waals surface area contributed by atoms with Gasteiger partial charge in [-0.05, 0) is 42.5 Å². The zero-order chi connectivity index (χ0) is 18.3. The van der Waals surface area contributed by atoms with Crippen molar-refractivity contribution >= 4 is 17.4 Å². The van der Waals surface area contributed by atoms with Crippen LogP contribution in [0.2, 0.25) is 0 Å². The van der Waals surface area contributed by atoms with Gasteiger partial charge in [0.2, 0.25) is 0 Å². The number of carbonyl (C=O) groups excluding carboxylic acids is 1. The molecule has 0 bridgehead atoms. The van der Waals surface area contributed by atoms with Crippen LogP contribution >= 0.6 is 0 Å². The first-order valence-corrected chi connectivity index (χ1v) is 8.66. The fraction of sp³-hybridized carbons (Fsp3) is 0.316. The lowest BCUT2D eigenvalue weighted by molar-refractivity contribution is -0.120. The number of hydrogen-bond donors (Lipinski definition) is 1. The Hall–Kier alpha value is -3.09. The molecule has 3 aromatic rings. The summed E-state index contributed by atoms with van der Waals surface area (Å²) >= 11 is 0. The summed E-state index contributed by atoms with van der Waals surface area (Å²) in [5.41, 5.74) is 7.86. The molecule has 4 rings (SSSR count). The van der Waals surface area contributed by atoms with Gasteiger partial charge in [-0.2, -0.15) is 4.99 Å². The van der Waals surface area contributed by atoms with Gasteiger partial charge in [-0.1, -0.05) is 19.9 Å². The van der Waals surface area contributed by atoms with Gasteiger partial charge in [0.05, 0.1) is 0 Å². The molecule has 26 heavy (non-hydrogen) atoms. The molecule has 3 aromatic heterocycles. The predicted octanol–water partition coefficient (Wildman–Crippen LogP) is 2.21. The van der Waals surface area contributed by atoms with Crippen molar-refractivity contribution in [2.24, 2.45) is 10.7 Å². The molecule has 1 aliphatic carbocycles. The Balaban J connectivity index is 1.73. The maximum absolute atomic E-state index is 12.9. The minimum atomic E-state index is -0.729. The molecule has 1 saturated carbocycles. The van der Waals surface area contributed by atoms with Crippen LogP contribution in [-0.2, 0) is 10.2 Å². The summed E-state index contributed by atoms with van der Waals surface area (Å²) in [6.07, 6.45) is 6.54. The average Bonchev–Trinajstić information content (AvgIpc) is 3.34. The van der Waals surface area contributed by atoms with Crippen molar-refractivity contribution in [2.75, 3.05) is 0 Å². The third-order valence-electron chi connectivity index (χ3n) is 4.87. The van der Waals surface area contributed by atoms with E-state index in [1.165, 1.54) is 0 Å². The number of nitrogens with two attached hydrogens (primary N) is 1. The summed E-state index contributed by atoms with van der Waals surface area (Å²) < 4.78 is 1.92. The molecule has 0 unspecified atom stereocenters. The zero-order valence-electron chi connectivity index (χ0n) is 14.8. The Bertz CT molecular complexity index is 1000. The Morgan fingerprint density at radius 3 is 2.62 bits per heavy atom. The van der Waals surface area contributed by atoms with E-state index in [1.807, 2.05) is 22.7 Å². The lowest BCUT2D eigenvalue weighted by atomic mass is 10.0. The second-order valence-corrected chi connectivity index (χ2v) is 6.96. The topological polar surface area (TPSA) is 98.5 Å². The first kappa shape index (κ1) is 16.4. The fourth-order valence-corrected chi connectivity index (χ4v) is 3.18. The summed E-state index contributed by atoms with van der Waals surface area (Å²) in [6.45, 7) is 4.23. The molecule has 1 aliphatic rings. The summed E-state index contributed by atoms with van der Waals surface area (Å²) in [7, 11) is 0. The molecule has 0 aliphatic heterocycles. The highest BCUT2D eigenvalue weighted by Gasteiger charge is 2.55. The van der Waals surface area contributed by atoms with Gasteiger partial charge >= 0.3 is 0 Å². The van der Waals surface area contributed by atoms with Crippen molar-refractivity contribution < 1.29 is 4.79 Å². The van der Waals surface area contributed by atoms with Crippen LogP contribution in [0.3, 0.4) is 0 Å². The maximum Gasteiger partial charge on any atom is 0.261 e. The SMILES string of the molecule is CC(C)c1cccn2c(C3(C(=O)N=C(N)c4ccncc4)CC3)nnc12. The van der Waals surface area contributed by atoms with Crippen molar-refractivity contribution in [3.8, 4) is 0 Å². The van der Waals surface area contributed by atoms with Crippen LogP contribution in [0.4, 0.5) is 0 Å². The standard InChI is InChI=1S/C19H20N6O/c1-12(2)14-4-3-11-25-16(14)23-24-17(25)19(7-8-19)18(26)22-15(20)13-5-9-21-10-6-13/h3-6,9-12H,7-8H2,1-2H3,(H2,20,22,26). The number of hydrogen-bond acceptors (Lipinski definition) is 4. The number of aliphatic imine (C=N–C) groups is 1. The molecule has 3 heterocycles. The highest BCUT2D eigenvalue weighted by molar-refractivity contribution is 6.07. The Kier molecular flexibility index (Phi) is 3.79. The molecule has 132 valence electrons. The summed E-state index contributed by atoms with van der Waals surface area (Å²) in [4.78, 5) is 21.0. The second-order valence-electron chi connectivity index (χ2n) is 6.96. The van der Waals surface area contributed by atoms with Crippen LogP contribution in [0.15, 0.2) is 47.8 Å². The van der Waals surface area contributed by atoms with E-state index in [0.717, 1.165) is 11.2 Å². The summed E-state index contributed by atoms with van der Waals surface area (Å²) in [5.74, 6) is 0.893. The van der Waals surface area contributed by atoms with Gasteiger partial charge in [-0.15, -0.1) is 10.2 Å². The smallest absolute Gasteiger partial charge is 0.261 e. The molecule has 1 fully saturated rings. The first-order valence-electron chi connectivity index (χ1n) is 8.66. The highest BCUT2D eigenvalue weighted by atomic mass is 16.2. The summed E-state index contributed by atoms with van der Waals surface area (Å²) in [5, 5.41) is 8.68.